The van der Waals surface area contributed by atoms with Gasteiger partial charge >= 0.3 is 5.97 Å². The van der Waals surface area contributed by atoms with E-state index >= 15 is 0 Å². The van der Waals surface area contributed by atoms with Crippen LogP contribution in [0.5, 0.6) is 0 Å². The van der Waals surface area contributed by atoms with Crippen LogP contribution in [0, 0.1) is 5.92 Å². The molecule has 0 saturated heterocycles. The third-order valence-corrected chi connectivity index (χ3v) is 3.97. The van der Waals surface area contributed by atoms with Crippen LogP contribution in [0.4, 0.5) is 0 Å². The lowest BCUT2D eigenvalue weighted by molar-refractivity contribution is 0.0594. The Labute approximate surface area is 93.5 Å². The van der Waals surface area contributed by atoms with Crippen LogP contribution in [-0.4, -0.2) is 18.1 Å². The number of carbonyl (C=O) groups excluding carboxylic acids is 1. The molecule has 4 heteroatoms. The molecular formula is C11H15NO2S. The Bertz CT molecular complexity index is 361. The molecular weight excluding hydrogens is 210 g/mol. The van der Waals surface area contributed by atoms with Crippen molar-refractivity contribution in [1.82, 2.24) is 4.98 Å². The van der Waals surface area contributed by atoms with E-state index in [2.05, 4.69) is 16.6 Å². The Kier molecular flexibility index (Phi) is 3.05. The number of ether oxygens (including phenoxy) is 1. The number of esters is 1. The highest BCUT2D eigenvalue weighted by Gasteiger charge is 2.25. The molecule has 0 amide bonds. The molecule has 2 unspecified atom stereocenters. The molecule has 15 heavy (non-hydrogen) atoms. The van der Waals surface area contributed by atoms with E-state index in [0.29, 0.717) is 11.6 Å². The van der Waals surface area contributed by atoms with Gasteiger partial charge in [-0.25, -0.2) is 9.78 Å². The summed E-state index contributed by atoms with van der Waals surface area (Å²) in [6.45, 7) is 2.27. The molecule has 1 aliphatic rings. The molecule has 0 spiro atoms. The number of rotatable bonds is 2. The van der Waals surface area contributed by atoms with E-state index in [4.69, 9.17) is 0 Å². The highest BCUT2D eigenvalue weighted by molar-refractivity contribution is 7.09. The van der Waals surface area contributed by atoms with E-state index in [1.54, 1.807) is 16.7 Å². The number of hydrogen-bond acceptors (Lipinski definition) is 4. The fourth-order valence-electron chi connectivity index (χ4n) is 2.10. The van der Waals surface area contributed by atoms with Crippen molar-refractivity contribution in [2.24, 2.45) is 5.92 Å². The molecule has 1 aliphatic carbocycles. The molecule has 1 heterocycles. The van der Waals surface area contributed by atoms with Crippen LogP contribution in [0.2, 0.25) is 0 Å². The van der Waals surface area contributed by atoms with E-state index in [-0.39, 0.29) is 5.97 Å². The largest absolute Gasteiger partial charge is 0.464 e. The van der Waals surface area contributed by atoms with Crippen LogP contribution in [0.25, 0.3) is 0 Å². The lowest BCUT2D eigenvalue weighted by Gasteiger charge is -2.03. The number of thiazole rings is 1. The fourth-order valence-corrected chi connectivity index (χ4v) is 3.04. The second-order valence-electron chi connectivity index (χ2n) is 4.18. The molecule has 0 aliphatic heterocycles. The third kappa shape index (κ3) is 2.20. The average Bonchev–Trinajstić information content (AvgIpc) is 2.84. The molecule has 0 aromatic carbocycles. The summed E-state index contributed by atoms with van der Waals surface area (Å²) in [4.78, 5) is 15.6. The van der Waals surface area contributed by atoms with Gasteiger partial charge in [0, 0.05) is 11.3 Å². The summed E-state index contributed by atoms with van der Waals surface area (Å²) in [5.74, 6) is 1.02. The summed E-state index contributed by atoms with van der Waals surface area (Å²) in [6.07, 6.45) is 3.68. The van der Waals surface area contributed by atoms with E-state index < -0.39 is 0 Å². The SMILES string of the molecule is COC(=O)c1csc(C2CCC(C)C2)n1. The Hall–Kier alpha value is -0.900. The number of hydrogen-bond donors (Lipinski definition) is 0. The first kappa shape index (κ1) is 10.6. The molecule has 82 valence electrons. The molecule has 1 aromatic heterocycles. The number of carbonyl (C=O) groups is 1. The van der Waals surface area contributed by atoms with Crippen LogP contribution in [-0.2, 0) is 4.74 Å². The van der Waals surface area contributed by atoms with Crippen LogP contribution in [0.15, 0.2) is 5.38 Å². The molecule has 2 rings (SSSR count). The highest BCUT2D eigenvalue weighted by Crippen LogP contribution is 2.38. The molecule has 1 fully saturated rings. The normalized spacial score (nSPS) is 25.5. The van der Waals surface area contributed by atoms with E-state index in [0.717, 1.165) is 10.9 Å². The smallest absolute Gasteiger partial charge is 0.357 e. The maximum atomic E-state index is 11.2. The van der Waals surface area contributed by atoms with E-state index in [1.165, 1.54) is 26.4 Å². The molecule has 0 N–H and O–H groups in total. The monoisotopic (exact) mass is 225 g/mol. The zero-order chi connectivity index (χ0) is 10.8. The Morgan fingerprint density at radius 1 is 1.60 bits per heavy atom. The molecule has 2 atom stereocenters. The summed E-state index contributed by atoms with van der Waals surface area (Å²) in [7, 11) is 1.39. The lowest BCUT2D eigenvalue weighted by atomic mass is 10.1. The first-order valence-electron chi connectivity index (χ1n) is 5.24. The fraction of sp³-hybridized carbons (Fsp3) is 0.636. The second-order valence-corrected chi connectivity index (χ2v) is 5.07. The van der Waals surface area contributed by atoms with Gasteiger partial charge in [0.05, 0.1) is 12.1 Å². The minimum Gasteiger partial charge on any atom is -0.464 e. The van der Waals surface area contributed by atoms with E-state index in [9.17, 15) is 4.79 Å². The summed E-state index contributed by atoms with van der Waals surface area (Å²) >= 11 is 1.58. The Balaban J connectivity index is 2.10. The van der Waals surface area contributed by atoms with Crippen molar-refractivity contribution in [3.63, 3.8) is 0 Å². The average molecular weight is 225 g/mol. The maximum absolute atomic E-state index is 11.2. The summed E-state index contributed by atoms with van der Waals surface area (Å²) < 4.78 is 4.64. The van der Waals surface area contributed by atoms with E-state index in [1.807, 2.05) is 0 Å². The van der Waals surface area contributed by atoms with Crippen molar-refractivity contribution < 1.29 is 9.53 Å². The van der Waals surface area contributed by atoms with Gasteiger partial charge in [0.25, 0.3) is 0 Å². The lowest BCUT2D eigenvalue weighted by Crippen LogP contribution is -2.02. The van der Waals surface area contributed by atoms with Crippen molar-refractivity contribution in [1.29, 1.82) is 0 Å². The van der Waals surface area contributed by atoms with Gasteiger partial charge in [-0.05, 0) is 18.8 Å². The standard InChI is InChI=1S/C11H15NO2S/c1-7-3-4-8(5-7)10-12-9(6-15-10)11(13)14-2/h6-8H,3-5H2,1-2H3. The third-order valence-electron chi connectivity index (χ3n) is 2.96. The van der Waals surface area contributed by atoms with Gasteiger partial charge in [0.15, 0.2) is 5.69 Å². The predicted octanol–water partition coefficient (Wildman–Crippen LogP) is 2.83. The topological polar surface area (TPSA) is 39.2 Å². The van der Waals surface area contributed by atoms with Gasteiger partial charge in [-0.1, -0.05) is 13.3 Å². The summed E-state index contributed by atoms with van der Waals surface area (Å²) in [6, 6.07) is 0. The molecule has 1 aromatic rings. The first-order valence-corrected chi connectivity index (χ1v) is 6.12. The molecule has 1 saturated carbocycles. The van der Waals surface area contributed by atoms with Gasteiger partial charge in [-0.2, -0.15) is 0 Å². The predicted molar refractivity (Wildman–Crippen MR) is 59.2 cm³/mol. The van der Waals surface area contributed by atoms with Gasteiger partial charge in [-0.3, -0.25) is 0 Å². The quantitative estimate of drug-likeness (QED) is 0.726. The van der Waals surface area contributed by atoms with Gasteiger partial charge < -0.3 is 4.74 Å². The molecule has 3 nitrogen and oxygen atoms in total. The minimum atomic E-state index is -0.330. The maximum Gasteiger partial charge on any atom is 0.357 e. The number of methoxy groups -OCH3 is 1. The summed E-state index contributed by atoms with van der Waals surface area (Å²) in [5.41, 5.74) is 0.456. The molecule has 0 radical (unpaired) electrons. The zero-order valence-electron chi connectivity index (χ0n) is 9.03. The van der Waals surface area contributed by atoms with Crippen LogP contribution < -0.4 is 0 Å². The van der Waals surface area contributed by atoms with Crippen LogP contribution >= 0.6 is 11.3 Å². The van der Waals surface area contributed by atoms with Gasteiger partial charge in [0.1, 0.15) is 0 Å². The highest BCUT2D eigenvalue weighted by atomic mass is 32.1. The van der Waals surface area contributed by atoms with Crippen molar-refractivity contribution in [3.05, 3.63) is 16.1 Å². The van der Waals surface area contributed by atoms with Crippen molar-refractivity contribution in [2.75, 3.05) is 7.11 Å². The zero-order valence-corrected chi connectivity index (χ0v) is 9.84. The van der Waals surface area contributed by atoms with Gasteiger partial charge in [0.2, 0.25) is 0 Å². The van der Waals surface area contributed by atoms with Crippen molar-refractivity contribution >= 4 is 17.3 Å². The van der Waals surface area contributed by atoms with Crippen LogP contribution in [0.3, 0.4) is 0 Å². The van der Waals surface area contributed by atoms with Crippen molar-refractivity contribution in [3.8, 4) is 0 Å². The number of nitrogens with zero attached hydrogens (tertiary/aromatic N) is 1. The van der Waals surface area contributed by atoms with Crippen LogP contribution in [0.1, 0.15) is 47.6 Å². The minimum absolute atomic E-state index is 0.330. The number of aromatic nitrogens is 1. The Morgan fingerprint density at radius 2 is 2.40 bits per heavy atom. The molecule has 0 bridgehead atoms. The van der Waals surface area contributed by atoms with Gasteiger partial charge in [-0.15, -0.1) is 11.3 Å². The second kappa shape index (κ2) is 4.31. The van der Waals surface area contributed by atoms with Crippen molar-refractivity contribution in [2.45, 2.75) is 32.1 Å². The summed E-state index contributed by atoms with van der Waals surface area (Å²) in [5, 5.41) is 2.89. The first-order chi connectivity index (χ1) is 7.20. The Morgan fingerprint density at radius 3 is 3.00 bits per heavy atom.